The lowest BCUT2D eigenvalue weighted by atomic mass is 10.0. The molecule has 0 fully saturated rings. The Kier molecular flexibility index (Phi) is 1.96. The van der Waals surface area contributed by atoms with Crippen LogP contribution in [0.2, 0.25) is 0 Å². The quantitative estimate of drug-likeness (QED) is 0.599. The van der Waals surface area contributed by atoms with E-state index in [1.807, 2.05) is 24.3 Å². The van der Waals surface area contributed by atoms with Crippen LogP contribution in [-0.2, 0) is 0 Å². The van der Waals surface area contributed by atoms with Crippen molar-refractivity contribution in [1.82, 2.24) is 20.2 Å². The van der Waals surface area contributed by atoms with Gasteiger partial charge in [0.25, 0.3) is 0 Å². The highest BCUT2D eigenvalue weighted by Gasteiger charge is 2.08. The van der Waals surface area contributed by atoms with Gasteiger partial charge in [0.1, 0.15) is 7.85 Å². The number of hydrogen-bond donors (Lipinski definition) is 1. The van der Waals surface area contributed by atoms with Crippen molar-refractivity contribution in [3.63, 3.8) is 0 Å². The molecular formula is C11H7BN4. The molecule has 0 atom stereocenters. The van der Waals surface area contributed by atoms with Crippen LogP contribution in [0, 0.1) is 0 Å². The van der Waals surface area contributed by atoms with Crippen molar-refractivity contribution in [3.8, 4) is 11.4 Å². The molecule has 0 aliphatic rings. The van der Waals surface area contributed by atoms with Crippen LogP contribution >= 0.6 is 0 Å². The van der Waals surface area contributed by atoms with Gasteiger partial charge in [0.05, 0.1) is 11.4 Å². The third-order valence-corrected chi connectivity index (χ3v) is 2.36. The zero-order valence-electron chi connectivity index (χ0n) is 8.38. The molecule has 0 aliphatic carbocycles. The zero-order valence-corrected chi connectivity index (χ0v) is 8.38. The van der Waals surface area contributed by atoms with Crippen molar-refractivity contribution in [3.05, 3.63) is 36.5 Å². The lowest BCUT2D eigenvalue weighted by molar-refractivity contribution is 1.09. The Morgan fingerprint density at radius 1 is 1.12 bits per heavy atom. The molecule has 0 bridgehead atoms. The maximum Gasteiger partial charge on any atom is 0.181 e. The van der Waals surface area contributed by atoms with Gasteiger partial charge in [0.2, 0.25) is 0 Å². The maximum absolute atomic E-state index is 5.65. The van der Waals surface area contributed by atoms with E-state index in [0.717, 1.165) is 16.8 Å². The third kappa shape index (κ3) is 1.37. The predicted octanol–water partition coefficient (Wildman–Crippen LogP) is 0.814. The van der Waals surface area contributed by atoms with E-state index in [-0.39, 0.29) is 0 Å². The normalized spacial score (nSPS) is 10.8. The van der Waals surface area contributed by atoms with Crippen LogP contribution in [0.15, 0.2) is 36.5 Å². The molecule has 1 N–H and O–H groups in total. The summed E-state index contributed by atoms with van der Waals surface area (Å²) in [5.41, 5.74) is 2.79. The molecule has 0 unspecified atom stereocenters. The van der Waals surface area contributed by atoms with Gasteiger partial charge in [0.15, 0.2) is 5.65 Å². The van der Waals surface area contributed by atoms with Gasteiger partial charge in [-0.3, -0.25) is 10.1 Å². The molecule has 2 radical (unpaired) electrons. The number of aromatic amines is 1. The smallest absolute Gasteiger partial charge is 0.181 e. The summed E-state index contributed by atoms with van der Waals surface area (Å²) in [6.07, 6.45) is 1.71. The molecule has 3 aromatic heterocycles. The van der Waals surface area contributed by atoms with Crippen molar-refractivity contribution in [1.29, 1.82) is 0 Å². The molecule has 0 aromatic carbocycles. The molecule has 3 aromatic rings. The second kappa shape index (κ2) is 3.45. The molecule has 3 rings (SSSR count). The minimum atomic E-state index is 0.490. The van der Waals surface area contributed by atoms with Crippen LogP contribution in [-0.4, -0.2) is 28.0 Å². The largest absolute Gasteiger partial charge is 0.273 e. The summed E-state index contributed by atoms with van der Waals surface area (Å²) in [4.78, 5) is 8.39. The first-order chi connectivity index (χ1) is 7.84. The minimum absolute atomic E-state index is 0.490. The van der Waals surface area contributed by atoms with E-state index in [1.165, 1.54) is 0 Å². The van der Waals surface area contributed by atoms with Crippen molar-refractivity contribution in [2.24, 2.45) is 0 Å². The van der Waals surface area contributed by atoms with Crippen LogP contribution in [0.5, 0.6) is 0 Å². The zero-order chi connectivity index (χ0) is 11.0. The molecule has 3 heterocycles. The molecule has 16 heavy (non-hydrogen) atoms. The Morgan fingerprint density at radius 2 is 2.06 bits per heavy atom. The molecule has 0 amide bonds. The van der Waals surface area contributed by atoms with E-state index in [0.29, 0.717) is 11.2 Å². The Balaban J connectivity index is 2.26. The standard InChI is InChI=1S/C11H7BN4/c12-9-5-1-4-8(14-9)10-7-3-2-6-13-11(7)16-15-10/h1-6H,(H,13,15,16). The first-order valence-electron chi connectivity index (χ1n) is 4.86. The van der Waals surface area contributed by atoms with Crippen LogP contribution in [0.1, 0.15) is 0 Å². The average Bonchev–Trinajstić information content (AvgIpc) is 2.72. The Labute approximate surface area is 93.2 Å². The second-order valence-electron chi connectivity index (χ2n) is 3.42. The monoisotopic (exact) mass is 206 g/mol. The van der Waals surface area contributed by atoms with Gasteiger partial charge >= 0.3 is 0 Å². The van der Waals surface area contributed by atoms with Crippen LogP contribution < -0.4 is 5.59 Å². The van der Waals surface area contributed by atoms with Gasteiger partial charge < -0.3 is 0 Å². The SMILES string of the molecule is [B]c1cccc(-c2[nH]nc3ncccc23)n1. The molecule has 0 saturated carbocycles. The van der Waals surface area contributed by atoms with Crippen molar-refractivity contribution < 1.29 is 0 Å². The van der Waals surface area contributed by atoms with Crippen LogP contribution in [0.3, 0.4) is 0 Å². The maximum atomic E-state index is 5.65. The van der Waals surface area contributed by atoms with E-state index in [9.17, 15) is 0 Å². The van der Waals surface area contributed by atoms with Gasteiger partial charge in [-0.05, 0) is 23.8 Å². The summed E-state index contributed by atoms with van der Waals surface area (Å²) in [5.74, 6) is 0. The first kappa shape index (κ1) is 9.09. The van der Waals surface area contributed by atoms with E-state index in [4.69, 9.17) is 7.85 Å². The number of nitrogens with one attached hydrogen (secondary N) is 1. The van der Waals surface area contributed by atoms with E-state index in [2.05, 4.69) is 20.2 Å². The van der Waals surface area contributed by atoms with Gasteiger partial charge in [0, 0.05) is 11.6 Å². The lowest BCUT2D eigenvalue weighted by Crippen LogP contribution is -2.07. The minimum Gasteiger partial charge on any atom is -0.273 e. The van der Waals surface area contributed by atoms with Crippen molar-refractivity contribution >= 4 is 24.5 Å². The summed E-state index contributed by atoms with van der Waals surface area (Å²) < 4.78 is 0. The number of rotatable bonds is 1. The summed E-state index contributed by atoms with van der Waals surface area (Å²) in [6.45, 7) is 0. The van der Waals surface area contributed by atoms with Crippen LogP contribution in [0.25, 0.3) is 22.4 Å². The summed E-state index contributed by atoms with van der Waals surface area (Å²) in [5, 5.41) is 7.98. The summed E-state index contributed by atoms with van der Waals surface area (Å²) >= 11 is 0. The molecule has 4 nitrogen and oxygen atoms in total. The van der Waals surface area contributed by atoms with Crippen LogP contribution in [0.4, 0.5) is 0 Å². The Morgan fingerprint density at radius 3 is 2.94 bits per heavy atom. The van der Waals surface area contributed by atoms with Gasteiger partial charge in [-0.1, -0.05) is 12.1 Å². The Bertz CT molecular complexity index is 647. The fourth-order valence-corrected chi connectivity index (χ4v) is 1.64. The number of fused-ring (bicyclic) bond motifs is 1. The third-order valence-electron chi connectivity index (χ3n) is 2.36. The fraction of sp³-hybridized carbons (Fsp3) is 0. The molecule has 74 valence electrons. The van der Waals surface area contributed by atoms with Gasteiger partial charge in [-0.2, -0.15) is 5.10 Å². The molecule has 0 spiro atoms. The molecule has 0 aliphatic heterocycles. The van der Waals surface area contributed by atoms with E-state index < -0.39 is 0 Å². The summed E-state index contributed by atoms with van der Waals surface area (Å²) in [7, 11) is 5.65. The molecule has 0 saturated heterocycles. The fourth-order valence-electron chi connectivity index (χ4n) is 1.64. The topological polar surface area (TPSA) is 54.5 Å². The average molecular weight is 206 g/mol. The highest BCUT2D eigenvalue weighted by molar-refractivity contribution is 6.30. The number of pyridine rings is 2. The Hall–Kier alpha value is -2.17. The van der Waals surface area contributed by atoms with Gasteiger partial charge in [-0.25, -0.2) is 4.98 Å². The summed E-state index contributed by atoms with van der Waals surface area (Å²) in [6, 6.07) is 9.32. The lowest BCUT2D eigenvalue weighted by Gasteiger charge is -1.99. The van der Waals surface area contributed by atoms with E-state index >= 15 is 0 Å². The highest BCUT2D eigenvalue weighted by atomic mass is 15.2. The van der Waals surface area contributed by atoms with Crippen molar-refractivity contribution in [2.45, 2.75) is 0 Å². The second-order valence-corrected chi connectivity index (χ2v) is 3.42. The molecular weight excluding hydrogens is 199 g/mol. The van der Waals surface area contributed by atoms with Gasteiger partial charge in [-0.15, -0.1) is 0 Å². The van der Waals surface area contributed by atoms with E-state index in [1.54, 1.807) is 12.3 Å². The number of hydrogen-bond acceptors (Lipinski definition) is 3. The molecule has 5 heteroatoms. The van der Waals surface area contributed by atoms with Crippen molar-refractivity contribution in [2.75, 3.05) is 0 Å². The number of H-pyrrole nitrogens is 1. The number of nitrogens with zero attached hydrogens (tertiary/aromatic N) is 3. The predicted molar refractivity (Wildman–Crippen MR) is 62.5 cm³/mol. The first-order valence-corrected chi connectivity index (χ1v) is 4.86. The highest BCUT2D eigenvalue weighted by Crippen LogP contribution is 2.21. The number of aromatic nitrogens is 4.